The predicted molar refractivity (Wildman–Crippen MR) is 125 cm³/mol. The molecule has 0 bridgehead atoms. The van der Waals surface area contributed by atoms with E-state index in [2.05, 4.69) is 5.32 Å². The highest BCUT2D eigenvalue weighted by molar-refractivity contribution is 5.76. The lowest BCUT2D eigenvalue weighted by Gasteiger charge is -2.51. The fraction of sp³-hybridized carbons (Fsp3) is 0.750. The second-order valence-electron chi connectivity index (χ2n) is 11.6. The van der Waals surface area contributed by atoms with Gasteiger partial charge in [-0.1, -0.05) is 32.3 Å². The number of carbonyl (C=O) groups is 1. The molecular weight excluding hydrogens is 420 g/mol. The standard InChI is InChI=1S/C28H39F2NO2/c1-27-15-14-23-22-13-11-21(32)16-18(22)10-12-24(23)26(27)19(17-28(27,29)30)6-5-9-25(33)31-20-7-3-2-4-8-20/h11,13,16,19-20,23-24,26,32H,2-10,12,14-15,17H2,1H3,(H,31,33)/t19-,23?,24?,26?,27-/m0/s1. The SMILES string of the molecule is C[C@]12CCC3c4ccc(O)cc4CCC3C1[C@@H](CCCC(=O)NC1CCCCC1)CC2(F)F. The molecule has 5 atom stereocenters. The van der Waals surface area contributed by atoms with E-state index in [0.29, 0.717) is 37.0 Å². The molecule has 0 heterocycles. The van der Waals surface area contributed by atoms with Crippen molar-refractivity contribution in [2.24, 2.45) is 23.2 Å². The minimum Gasteiger partial charge on any atom is -0.508 e. The van der Waals surface area contributed by atoms with E-state index < -0.39 is 11.3 Å². The minimum absolute atomic E-state index is 0.00890. The molecule has 1 aromatic rings. The molecular formula is C28H39F2NO2. The van der Waals surface area contributed by atoms with E-state index in [1.54, 1.807) is 6.07 Å². The third kappa shape index (κ3) is 4.18. The Balaban J connectivity index is 1.27. The molecule has 0 radical (unpaired) electrons. The van der Waals surface area contributed by atoms with Gasteiger partial charge in [0.05, 0.1) is 0 Å². The third-order valence-electron chi connectivity index (χ3n) is 9.77. The molecule has 182 valence electrons. The number of hydrogen-bond donors (Lipinski definition) is 2. The number of alkyl halides is 2. The number of nitrogens with one attached hydrogen (secondary N) is 1. The third-order valence-corrected chi connectivity index (χ3v) is 9.77. The predicted octanol–water partition coefficient (Wildman–Crippen LogP) is 6.73. The van der Waals surface area contributed by atoms with E-state index in [9.17, 15) is 9.90 Å². The first-order chi connectivity index (χ1) is 15.8. The number of benzene rings is 1. The maximum atomic E-state index is 15.4. The Labute approximate surface area is 196 Å². The van der Waals surface area contributed by atoms with Crippen LogP contribution in [0.1, 0.15) is 101 Å². The summed E-state index contributed by atoms with van der Waals surface area (Å²) in [5, 5.41) is 13.1. The summed E-state index contributed by atoms with van der Waals surface area (Å²) in [4.78, 5) is 12.5. The zero-order valence-electron chi connectivity index (χ0n) is 19.9. The van der Waals surface area contributed by atoms with Gasteiger partial charge in [0.15, 0.2) is 0 Å². The summed E-state index contributed by atoms with van der Waals surface area (Å²) in [5.74, 6) is -1.65. The van der Waals surface area contributed by atoms with Gasteiger partial charge >= 0.3 is 0 Å². The number of carbonyl (C=O) groups excluding carboxylic acids is 1. The molecule has 1 amide bonds. The molecule has 3 unspecified atom stereocenters. The molecule has 3 saturated carbocycles. The lowest BCUT2D eigenvalue weighted by Crippen LogP contribution is -2.47. The van der Waals surface area contributed by atoms with Crippen molar-refractivity contribution >= 4 is 5.91 Å². The first-order valence-corrected chi connectivity index (χ1v) is 13.3. The summed E-state index contributed by atoms with van der Waals surface area (Å²) in [6.45, 7) is 1.84. The highest BCUT2D eigenvalue weighted by Crippen LogP contribution is 2.68. The molecule has 4 aliphatic carbocycles. The molecule has 4 aliphatic rings. The molecule has 0 spiro atoms. The normalized spacial score (nSPS) is 35.4. The molecule has 1 aromatic carbocycles. The van der Waals surface area contributed by atoms with Gasteiger partial charge in [-0.05, 0) is 98.3 Å². The van der Waals surface area contributed by atoms with Gasteiger partial charge in [-0.25, -0.2) is 8.78 Å². The van der Waals surface area contributed by atoms with E-state index in [4.69, 9.17) is 0 Å². The van der Waals surface area contributed by atoms with E-state index in [-0.39, 0.29) is 30.1 Å². The van der Waals surface area contributed by atoms with Crippen molar-refractivity contribution in [2.45, 2.75) is 108 Å². The number of phenols is 1. The molecule has 3 fully saturated rings. The van der Waals surface area contributed by atoms with Crippen LogP contribution in [0.5, 0.6) is 5.75 Å². The monoisotopic (exact) mass is 459 g/mol. The smallest absolute Gasteiger partial charge is 0.253 e. The number of halogens is 2. The van der Waals surface area contributed by atoms with Crippen molar-refractivity contribution in [1.29, 1.82) is 0 Å². The Morgan fingerprint density at radius 1 is 1.15 bits per heavy atom. The summed E-state index contributed by atoms with van der Waals surface area (Å²) in [6.07, 6.45) is 10.8. The highest BCUT2D eigenvalue weighted by atomic mass is 19.3. The number of fused-ring (bicyclic) bond motifs is 5. The van der Waals surface area contributed by atoms with Crippen LogP contribution in [0.2, 0.25) is 0 Å². The van der Waals surface area contributed by atoms with Crippen LogP contribution in [0.25, 0.3) is 0 Å². The van der Waals surface area contributed by atoms with Crippen LogP contribution in [0, 0.1) is 23.2 Å². The Hall–Kier alpha value is -1.65. The van der Waals surface area contributed by atoms with E-state index >= 15 is 8.78 Å². The zero-order valence-corrected chi connectivity index (χ0v) is 19.9. The molecule has 5 rings (SSSR count). The summed E-state index contributed by atoms with van der Waals surface area (Å²) < 4.78 is 30.8. The Morgan fingerprint density at radius 3 is 2.73 bits per heavy atom. The maximum absolute atomic E-state index is 15.4. The number of rotatable bonds is 5. The average Bonchev–Trinajstić information content (AvgIpc) is 2.99. The molecule has 0 aromatic heterocycles. The largest absolute Gasteiger partial charge is 0.508 e. The molecule has 3 nitrogen and oxygen atoms in total. The van der Waals surface area contributed by atoms with Gasteiger partial charge in [0.2, 0.25) is 5.91 Å². The lowest BCUT2D eigenvalue weighted by atomic mass is 9.53. The highest BCUT2D eigenvalue weighted by Gasteiger charge is 2.67. The van der Waals surface area contributed by atoms with Gasteiger partial charge in [0.25, 0.3) is 5.92 Å². The van der Waals surface area contributed by atoms with Gasteiger partial charge in [0.1, 0.15) is 5.75 Å². The topological polar surface area (TPSA) is 49.3 Å². The van der Waals surface area contributed by atoms with E-state index in [1.807, 2.05) is 19.1 Å². The summed E-state index contributed by atoms with van der Waals surface area (Å²) in [7, 11) is 0. The van der Waals surface area contributed by atoms with Crippen molar-refractivity contribution in [2.75, 3.05) is 0 Å². The van der Waals surface area contributed by atoms with Crippen LogP contribution in [-0.2, 0) is 11.2 Å². The summed E-state index contributed by atoms with van der Waals surface area (Å²) in [5.41, 5.74) is 1.53. The van der Waals surface area contributed by atoms with Crippen molar-refractivity contribution in [3.05, 3.63) is 29.3 Å². The van der Waals surface area contributed by atoms with Gasteiger partial charge in [-0.15, -0.1) is 0 Å². The van der Waals surface area contributed by atoms with Crippen LogP contribution in [-0.4, -0.2) is 23.0 Å². The van der Waals surface area contributed by atoms with Crippen LogP contribution in [0.15, 0.2) is 18.2 Å². The maximum Gasteiger partial charge on any atom is 0.253 e. The minimum atomic E-state index is -2.63. The lowest BCUT2D eigenvalue weighted by molar-refractivity contribution is -0.133. The fourth-order valence-electron chi connectivity index (χ4n) is 8.16. The number of phenolic OH excluding ortho intramolecular Hbond substituents is 1. The number of aryl methyl sites for hydroxylation is 1. The van der Waals surface area contributed by atoms with Gasteiger partial charge in [-0.3, -0.25) is 4.79 Å². The molecule has 2 N–H and O–H groups in total. The second-order valence-corrected chi connectivity index (χ2v) is 11.6. The molecule has 5 heteroatoms. The first kappa shape index (κ1) is 23.1. The molecule has 0 saturated heterocycles. The van der Waals surface area contributed by atoms with Crippen molar-refractivity contribution in [3.63, 3.8) is 0 Å². The van der Waals surface area contributed by atoms with Crippen molar-refractivity contribution < 1.29 is 18.7 Å². The van der Waals surface area contributed by atoms with Gasteiger partial charge < -0.3 is 10.4 Å². The van der Waals surface area contributed by atoms with Crippen LogP contribution in [0.4, 0.5) is 8.78 Å². The van der Waals surface area contributed by atoms with E-state index in [1.165, 1.54) is 30.4 Å². The Kier molecular flexibility index (Phi) is 6.20. The van der Waals surface area contributed by atoms with Crippen molar-refractivity contribution in [3.8, 4) is 5.75 Å². The zero-order chi connectivity index (χ0) is 23.2. The number of hydrogen-bond acceptors (Lipinski definition) is 2. The average molecular weight is 460 g/mol. The summed E-state index contributed by atoms with van der Waals surface area (Å²) in [6, 6.07) is 5.96. The van der Waals surface area contributed by atoms with Gasteiger partial charge in [0, 0.05) is 24.3 Å². The van der Waals surface area contributed by atoms with Gasteiger partial charge in [-0.2, -0.15) is 0 Å². The molecule has 33 heavy (non-hydrogen) atoms. The Morgan fingerprint density at radius 2 is 1.94 bits per heavy atom. The Bertz CT molecular complexity index is 881. The number of aromatic hydroxyl groups is 1. The van der Waals surface area contributed by atoms with Crippen LogP contribution < -0.4 is 5.32 Å². The van der Waals surface area contributed by atoms with Crippen molar-refractivity contribution in [1.82, 2.24) is 5.32 Å². The van der Waals surface area contributed by atoms with E-state index in [0.717, 1.165) is 38.5 Å². The quantitative estimate of drug-likeness (QED) is 0.513. The fourth-order valence-corrected chi connectivity index (χ4v) is 8.16. The molecule has 0 aliphatic heterocycles. The van der Waals surface area contributed by atoms with Crippen LogP contribution >= 0.6 is 0 Å². The summed E-state index contributed by atoms with van der Waals surface area (Å²) >= 11 is 0. The van der Waals surface area contributed by atoms with Crippen LogP contribution in [0.3, 0.4) is 0 Å². The number of amides is 1. The second kappa shape index (κ2) is 8.85. The first-order valence-electron chi connectivity index (χ1n) is 13.3.